The van der Waals surface area contributed by atoms with E-state index in [0.29, 0.717) is 22.4 Å². The molecule has 1 aromatic heterocycles. The standard InChI is InChI=1S/C21H23ClN4O4S/c1-13(26-31(28,29)17-11-7-15(22)8-12-17)19(27)23-16-9-5-14(6-10-16)18-24-20(30-25-18)21(2,3)4/h5-13,26H,1-4H3,(H,23,27)/t13-/m0/s1. The second-order valence-corrected chi connectivity index (χ2v) is 10.2. The molecule has 3 rings (SSSR count). The van der Waals surface area contributed by atoms with Gasteiger partial charge in [0, 0.05) is 21.7 Å². The number of nitrogens with one attached hydrogen (secondary N) is 2. The number of rotatable bonds is 6. The molecule has 10 heteroatoms. The zero-order chi connectivity index (χ0) is 22.8. The van der Waals surface area contributed by atoms with Gasteiger partial charge in [0.25, 0.3) is 0 Å². The van der Waals surface area contributed by atoms with Gasteiger partial charge in [-0.2, -0.15) is 9.71 Å². The molecule has 0 fully saturated rings. The van der Waals surface area contributed by atoms with Gasteiger partial charge in [-0.25, -0.2) is 8.42 Å². The summed E-state index contributed by atoms with van der Waals surface area (Å²) >= 11 is 5.79. The maximum atomic E-state index is 12.4. The van der Waals surface area contributed by atoms with E-state index in [4.69, 9.17) is 16.1 Å². The Hall–Kier alpha value is -2.75. The van der Waals surface area contributed by atoms with Gasteiger partial charge < -0.3 is 9.84 Å². The highest BCUT2D eigenvalue weighted by Crippen LogP contribution is 2.24. The van der Waals surface area contributed by atoms with Gasteiger partial charge in [0.15, 0.2) is 0 Å². The highest BCUT2D eigenvalue weighted by atomic mass is 35.5. The quantitative estimate of drug-likeness (QED) is 0.572. The van der Waals surface area contributed by atoms with Crippen molar-refractivity contribution in [1.29, 1.82) is 0 Å². The predicted octanol–water partition coefficient (Wildman–Crippen LogP) is 3.99. The molecule has 0 radical (unpaired) electrons. The first kappa shape index (κ1) is 22.9. The van der Waals surface area contributed by atoms with Crippen molar-refractivity contribution >= 4 is 33.2 Å². The Morgan fingerprint density at radius 1 is 1.06 bits per heavy atom. The van der Waals surface area contributed by atoms with Gasteiger partial charge in [0.05, 0.1) is 10.9 Å². The molecular weight excluding hydrogens is 440 g/mol. The minimum Gasteiger partial charge on any atom is -0.338 e. The van der Waals surface area contributed by atoms with Crippen LogP contribution < -0.4 is 10.0 Å². The lowest BCUT2D eigenvalue weighted by atomic mass is 9.97. The van der Waals surface area contributed by atoms with E-state index in [-0.39, 0.29) is 10.3 Å². The van der Waals surface area contributed by atoms with E-state index in [1.807, 2.05) is 20.8 Å². The molecular formula is C21H23ClN4O4S. The summed E-state index contributed by atoms with van der Waals surface area (Å²) in [4.78, 5) is 16.9. The predicted molar refractivity (Wildman–Crippen MR) is 118 cm³/mol. The third kappa shape index (κ3) is 5.69. The summed E-state index contributed by atoms with van der Waals surface area (Å²) in [6, 6.07) is 11.5. The topological polar surface area (TPSA) is 114 Å². The molecule has 2 N–H and O–H groups in total. The molecule has 0 spiro atoms. The lowest BCUT2D eigenvalue weighted by Gasteiger charge is -2.14. The third-order valence-corrected chi connectivity index (χ3v) is 6.14. The summed E-state index contributed by atoms with van der Waals surface area (Å²) in [5.74, 6) is 0.480. The van der Waals surface area contributed by atoms with E-state index in [2.05, 4.69) is 20.2 Å². The monoisotopic (exact) mass is 462 g/mol. The molecule has 2 aromatic carbocycles. The van der Waals surface area contributed by atoms with Crippen LogP contribution in [0.1, 0.15) is 33.6 Å². The molecule has 1 amide bonds. The van der Waals surface area contributed by atoms with Crippen molar-refractivity contribution in [1.82, 2.24) is 14.9 Å². The lowest BCUT2D eigenvalue weighted by molar-refractivity contribution is -0.117. The van der Waals surface area contributed by atoms with Crippen LogP contribution in [0, 0.1) is 0 Å². The van der Waals surface area contributed by atoms with E-state index in [9.17, 15) is 13.2 Å². The van der Waals surface area contributed by atoms with Crippen LogP contribution >= 0.6 is 11.6 Å². The fourth-order valence-electron chi connectivity index (χ4n) is 2.57. The van der Waals surface area contributed by atoms with E-state index in [1.54, 1.807) is 24.3 Å². The molecule has 0 bridgehead atoms. The molecule has 1 heterocycles. The summed E-state index contributed by atoms with van der Waals surface area (Å²) in [5.41, 5.74) is 0.980. The van der Waals surface area contributed by atoms with Crippen LogP contribution in [0.5, 0.6) is 0 Å². The summed E-state index contributed by atoms with van der Waals surface area (Å²) in [6.07, 6.45) is 0. The minimum atomic E-state index is -3.86. The number of hydrogen-bond acceptors (Lipinski definition) is 6. The highest BCUT2D eigenvalue weighted by Gasteiger charge is 2.23. The fraction of sp³-hybridized carbons (Fsp3) is 0.286. The van der Waals surface area contributed by atoms with Gasteiger partial charge >= 0.3 is 0 Å². The zero-order valence-corrected chi connectivity index (χ0v) is 19.1. The van der Waals surface area contributed by atoms with Crippen molar-refractivity contribution in [2.24, 2.45) is 0 Å². The lowest BCUT2D eigenvalue weighted by Crippen LogP contribution is -2.41. The number of carbonyl (C=O) groups is 1. The number of nitrogens with zero attached hydrogens (tertiary/aromatic N) is 2. The van der Waals surface area contributed by atoms with Crippen molar-refractivity contribution in [2.45, 2.75) is 44.0 Å². The number of sulfonamides is 1. The van der Waals surface area contributed by atoms with Crippen molar-refractivity contribution < 1.29 is 17.7 Å². The van der Waals surface area contributed by atoms with Crippen LogP contribution in [0.3, 0.4) is 0 Å². The van der Waals surface area contributed by atoms with E-state index >= 15 is 0 Å². The number of aromatic nitrogens is 2. The second kappa shape index (κ2) is 8.78. The van der Waals surface area contributed by atoms with Crippen LogP contribution in [-0.2, 0) is 20.2 Å². The van der Waals surface area contributed by atoms with Gasteiger partial charge in [-0.1, -0.05) is 37.5 Å². The summed E-state index contributed by atoms with van der Waals surface area (Å²) in [6.45, 7) is 7.40. The first-order valence-electron chi connectivity index (χ1n) is 9.49. The van der Waals surface area contributed by atoms with Gasteiger partial charge in [0.1, 0.15) is 0 Å². The van der Waals surface area contributed by atoms with Crippen molar-refractivity contribution in [3.8, 4) is 11.4 Å². The number of amides is 1. The zero-order valence-electron chi connectivity index (χ0n) is 17.5. The Morgan fingerprint density at radius 3 is 2.23 bits per heavy atom. The number of benzene rings is 2. The average molecular weight is 463 g/mol. The Bertz CT molecular complexity index is 1170. The first-order chi connectivity index (χ1) is 14.5. The van der Waals surface area contributed by atoms with Crippen LogP contribution in [-0.4, -0.2) is 30.5 Å². The maximum Gasteiger partial charge on any atom is 0.242 e. The number of halogens is 1. The van der Waals surface area contributed by atoms with Gasteiger partial charge in [-0.05, 0) is 55.5 Å². The normalized spacial score (nSPS) is 13.1. The Kier molecular flexibility index (Phi) is 6.49. The molecule has 164 valence electrons. The van der Waals surface area contributed by atoms with Crippen LogP contribution in [0.25, 0.3) is 11.4 Å². The average Bonchev–Trinajstić information content (AvgIpc) is 3.19. The highest BCUT2D eigenvalue weighted by molar-refractivity contribution is 7.89. The largest absolute Gasteiger partial charge is 0.338 e. The molecule has 0 saturated carbocycles. The van der Waals surface area contributed by atoms with Crippen molar-refractivity contribution in [3.63, 3.8) is 0 Å². The molecule has 0 aliphatic carbocycles. The van der Waals surface area contributed by atoms with E-state index < -0.39 is 22.0 Å². The molecule has 0 saturated heterocycles. The smallest absolute Gasteiger partial charge is 0.242 e. The van der Waals surface area contributed by atoms with E-state index in [1.165, 1.54) is 31.2 Å². The van der Waals surface area contributed by atoms with Gasteiger partial charge in [0.2, 0.25) is 27.6 Å². The second-order valence-electron chi connectivity index (χ2n) is 8.04. The first-order valence-corrected chi connectivity index (χ1v) is 11.4. The Morgan fingerprint density at radius 2 is 1.68 bits per heavy atom. The molecule has 3 aromatic rings. The molecule has 0 aliphatic rings. The third-order valence-electron chi connectivity index (χ3n) is 4.33. The fourth-order valence-corrected chi connectivity index (χ4v) is 3.90. The molecule has 0 aliphatic heterocycles. The Balaban J connectivity index is 1.65. The van der Waals surface area contributed by atoms with Gasteiger partial charge in [-0.3, -0.25) is 4.79 Å². The minimum absolute atomic E-state index is 0.0237. The SMILES string of the molecule is C[C@H](NS(=O)(=O)c1ccc(Cl)cc1)C(=O)Nc1ccc(-c2noc(C(C)(C)C)n2)cc1. The van der Waals surface area contributed by atoms with Crippen molar-refractivity contribution in [3.05, 3.63) is 59.4 Å². The number of anilines is 1. The summed E-state index contributed by atoms with van der Waals surface area (Å²) in [5, 5.41) is 7.09. The maximum absolute atomic E-state index is 12.4. The number of carbonyl (C=O) groups excluding carboxylic acids is 1. The van der Waals surface area contributed by atoms with Gasteiger partial charge in [-0.15, -0.1) is 0 Å². The number of hydrogen-bond donors (Lipinski definition) is 2. The Labute approximate surface area is 186 Å². The molecule has 1 atom stereocenters. The van der Waals surface area contributed by atoms with Crippen LogP contribution in [0.4, 0.5) is 5.69 Å². The van der Waals surface area contributed by atoms with Crippen LogP contribution in [0.2, 0.25) is 5.02 Å². The van der Waals surface area contributed by atoms with Crippen LogP contribution in [0.15, 0.2) is 57.9 Å². The van der Waals surface area contributed by atoms with E-state index in [0.717, 1.165) is 5.56 Å². The summed E-state index contributed by atoms with van der Waals surface area (Å²) in [7, 11) is -3.86. The molecule has 8 nitrogen and oxygen atoms in total. The van der Waals surface area contributed by atoms with Crippen molar-refractivity contribution in [2.75, 3.05) is 5.32 Å². The summed E-state index contributed by atoms with van der Waals surface area (Å²) < 4.78 is 32.5. The molecule has 31 heavy (non-hydrogen) atoms. The molecule has 0 unspecified atom stereocenters.